The molecule has 0 saturated carbocycles. The van der Waals surface area contributed by atoms with E-state index >= 15 is 0 Å². The number of benzene rings is 2. The van der Waals surface area contributed by atoms with Gasteiger partial charge in [0, 0.05) is 43.2 Å². The molecule has 0 radical (unpaired) electrons. The molecular formula is C54H84N2O11. The Balaban J connectivity index is 0.788. The first-order valence-corrected chi connectivity index (χ1v) is 25.9. The molecule has 13 heteroatoms. The fourth-order valence-corrected chi connectivity index (χ4v) is 12.0. The normalized spacial score (nSPS) is 32.0. The second kappa shape index (κ2) is 20.7. The van der Waals surface area contributed by atoms with Crippen molar-refractivity contribution in [2.45, 2.75) is 229 Å². The van der Waals surface area contributed by atoms with Gasteiger partial charge in [-0.15, -0.1) is 0 Å². The van der Waals surface area contributed by atoms with Crippen molar-refractivity contribution in [1.29, 1.82) is 0 Å². The van der Waals surface area contributed by atoms with Gasteiger partial charge in [0.15, 0.2) is 11.6 Å². The van der Waals surface area contributed by atoms with Crippen molar-refractivity contribution in [3.05, 3.63) is 59.7 Å². The zero-order valence-electron chi connectivity index (χ0n) is 42.5. The van der Waals surface area contributed by atoms with Crippen LogP contribution in [0.3, 0.4) is 0 Å². The van der Waals surface area contributed by atoms with Crippen LogP contribution in [-0.2, 0) is 38.1 Å². The number of epoxide rings is 2. The predicted octanol–water partition coefficient (Wildman–Crippen LogP) is 10.3. The summed E-state index contributed by atoms with van der Waals surface area (Å²) in [6.07, 6.45) is 10.0. The van der Waals surface area contributed by atoms with Crippen LogP contribution in [0.4, 0.5) is 0 Å². The number of aliphatic hydroxyl groups is 1. The smallest absolute Gasteiger partial charge is 0.172 e. The van der Waals surface area contributed by atoms with Crippen molar-refractivity contribution in [3.8, 4) is 11.5 Å². The molecule has 9 atom stereocenters. The molecule has 9 unspecified atom stereocenters. The molecule has 2 aromatic carbocycles. The number of nitrogens with zero attached hydrogens (tertiary/aromatic N) is 2. The Morgan fingerprint density at radius 2 is 1.00 bits per heavy atom. The Hall–Kier alpha value is -2.40. The molecule has 6 heterocycles. The molecule has 0 bridgehead atoms. The summed E-state index contributed by atoms with van der Waals surface area (Å²) < 4.78 is 49.5. The fourth-order valence-electron chi connectivity index (χ4n) is 12.0. The molecule has 2 spiro atoms. The molecule has 6 saturated heterocycles. The van der Waals surface area contributed by atoms with Gasteiger partial charge < -0.3 is 43.0 Å². The Kier molecular flexibility index (Phi) is 15.8. The molecular weight excluding hydrogens is 853 g/mol. The van der Waals surface area contributed by atoms with Gasteiger partial charge in [0.2, 0.25) is 0 Å². The van der Waals surface area contributed by atoms with Gasteiger partial charge in [0.1, 0.15) is 49.1 Å². The topological polar surface area (TPSA) is 126 Å². The second-order valence-electron chi connectivity index (χ2n) is 22.0. The van der Waals surface area contributed by atoms with Crippen molar-refractivity contribution in [1.82, 2.24) is 10.1 Å². The minimum atomic E-state index is -0.724. The Morgan fingerprint density at radius 3 is 1.42 bits per heavy atom. The molecule has 6 fully saturated rings. The van der Waals surface area contributed by atoms with Crippen LogP contribution in [0.25, 0.3) is 0 Å². The van der Waals surface area contributed by atoms with Gasteiger partial charge in [-0.3, -0.25) is 9.68 Å². The standard InChI is InChI=1S/C54H84N2O11/c1-11-51(12-2)36-53(34-49(7,8)55(51)66-38(5)40-19-23-43(24-20-40)58-28-47-30-60-47)62-32-45(64-53)18-16-15-17-42(57)27-46-33-63-54(65-46)35-50(9,10)56(52(13-3,14-4)37-54)67-39(6)41-21-25-44(26-22-41)59-29-48-31-61-48/h19-26,38-39,42,45-48,57H,11-18,27-37H2,1-10H3. The van der Waals surface area contributed by atoms with E-state index in [1.807, 2.05) is 24.3 Å². The number of hydrogen-bond acceptors (Lipinski definition) is 13. The van der Waals surface area contributed by atoms with Gasteiger partial charge in [-0.2, -0.15) is 10.1 Å². The van der Waals surface area contributed by atoms with E-state index in [0.717, 1.165) is 87.2 Å². The van der Waals surface area contributed by atoms with Crippen LogP contribution >= 0.6 is 0 Å². The Morgan fingerprint density at radius 1 is 0.582 bits per heavy atom. The van der Waals surface area contributed by atoms with Crippen LogP contribution < -0.4 is 9.47 Å². The van der Waals surface area contributed by atoms with Gasteiger partial charge >= 0.3 is 0 Å². The summed E-state index contributed by atoms with van der Waals surface area (Å²) in [7, 11) is 0. The molecule has 0 aliphatic carbocycles. The summed E-state index contributed by atoms with van der Waals surface area (Å²) in [5, 5.41) is 15.9. The highest BCUT2D eigenvalue weighted by atomic mass is 16.8. The largest absolute Gasteiger partial charge is 0.491 e. The monoisotopic (exact) mass is 937 g/mol. The molecule has 6 aliphatic rings. The van der Waals surface area contributed by atoms with Crippen molar-refractivity contribution in [2.24, 2.45) is 0 Å². The van der Waals surface area contributed by atoms with Crippen LogP contribution in [0.5, 0.6) is 11.5 Å². The number of unbranched alkanes of at least 4 members (excludes halogenated alkanes) is 1. The van der Waals surface area contributed by atoms with Crippen LogP contribution in [0.2, 0.25) is 0 Å². The molecule has 13 nitrogen and oxygen atoms in total. The first-order valence-electron chi connectivity index (χ1n) is 25.9. The summed E-state index contributed by atoms with van der Waals surface area (Å²) in [4.78, 5) is 13.9. The number of aliphatic hydroxyl groups excluding tert-OH is 1. The number of ether oxygens (including phenoxy) is 8. The van der Waals surface area contributed by atoms with Crippen LogP contribution in [0, 0.1) is 0 Å². The summed E-state index contributed by atoms with van der Waals surface area (Å²) in [6.45, 7) is 26.0. The minimum absolute atomic E-state index is 0.0237. The lowest BCUT2D eigenvalue weighted by Crippen LogP contribution is -2.67. The van der Waals surface area contributed by atoms with E-state index in [9.17, 15) is 5.11 Å². The number of hydrogen-bond donors (Lipinski definition) is 1. The number of piperidine rings is 2. The van der Waals surface area contributed by atoms with Gasteiger partial charge in [0.25, 0.3) is 0 Å². The number of hydroxylamine groups is 4. The molecule has 6 aliphatic heterocycles. The highest BCUT2D eigenvalue weighted by Gasteiger charge is 2.61. The van der Waals surface area contributed by atoms with E-state index in [2.05, 4.69) is 104 Å². The molecule has 2 aromatic rings. The third kappa shape index (κ3) is 11.9. The maximum absolute atomic E-state index is 11.3. The third-order valence-electron chi connectivity index (χ3n) is 15.8. The van der Waals surface area contributed by atoms with Crippen LogP contribution in [-0.4, -0.2) is 119 Å². The molecule has 1 N–H and O–H groups in total. The predicted molar refractivity (Wildman–Crippen MR) is 255 cm³/mol. The quantitative estimate of drug-likeness (QED) is 0.0840. The minimum Gasteiger partial charge on any atom is -0.491 e. The van der Waals surface area contributed by atoms with Crippen molar-refractivity contribution in [3.63, 3.8) is 0 Å². The zero-order valence-corrected chi connectivity index (χ0v) is 42.5. The van der Waals surface area contributed by atoms with E-state index < -0.39 is 17.7 Å². The Bertz CT molecular complexity index is 1880. The first kappa shape index (κ1) is 51.0. The fraction of sp³-hybridized carbons (Fsp3) is 0.778. The van der Waals surface area contributed by atoms with Gasteiger partial charge in [0.05, 0.1) is 55.8 Å². The molecule has 376 valence electrons. The van der Waals surface area contributed by atoms with E-state index in [4.69, 9.17) is 47.6 Å². The highest BCUT2D eigenvalue weighted by molar-refractivity contribution is 5.29. The van der Waals surface area contributed by atoms with E-state index in [-0.39, 0.29) is 58.8 Å². The average Bonchev–Trinajstić information content (AvgIpc) is 4.25. The molecule has 0 aromatic heterocycles. The summed E-state index contributed by atoms with van der Waals surface area (Å²) in [6, 6.07) is 16.5. The third-order valence-corrected chi connectivity index (χ3v) is 15.8. The molecule has 67 heavy (non-hydrogen) atoms. The van der Waals surface area contributed by atoms with Gasteiger partial charge in [-0.05, 0) is 115 Å². The van der Waals surface area contributed by atoms with Crippen molar-refractivity contribution < 1.29 is 52.7 Å². The summed E-state index contributed by atoms with van der Waals surface area (Å²) in [5.41, 5.74) is 0.959. The van der Waals surface area contributed by atoms with Crippen molar-refractivity contribution in [2.75, 3.05) is 39.6 Å². The van der Waals surface area contributed by atoms with Crippen LogP contribution in [0.1, 0.15) is 176 Å². The SMILES string of the molecule is CCC1(CC)CC2(CC(C)(C)N1OC(C)c1ccc(OCC3CO3)cc1)OCC(CCCCC(O)CC1COC3(CC(C)(C)N(OC(C)c4ccc(OCC5CO5)cc4)C(CC)(CC)C3)O1)O2. The second-order valence-corrected chi connectivity index (χ2v) is 22.0. The van der Waals surface area contributed by atoms with E-state index in [1.54, 1.807) is 0 Å². The van der Waals surface area contributed by atoms with E-state index in [1.165, 1.54) is 0 Å². The highest BCUT2D eigenvalue weighted by Crippen LogP contribution is 2.54. The zero-order chi connectivity index (χ0) is 47.7. The first-order chi connectivity index (χ1) is 32.0. The Labute approximate surface area is 401 Å². The number of rotatable bonds is 23. The van der Waals surface area contributed by atoms with Gasteiger partial charge in [-0.1, -0.05) is 64.8 Å². The lowest BCUT2D eigenvalue weighted by atomic mass is 9.73. The summed E-state index contributed by atoms with van der Waals surface area (Å²) >= 11 is 0. The maximum Gasteiger partial charge on any atom is 0.172 e. The lowest BCUT2D eigenvalue weighted by molar-refractivity contribution is -0.360. The van der Waals surface area contributed by atoms with Crippen molar-refractivity contribution >= 4 is 0 Å². The average molecular weight is 937 g/mol. The van der Waals surface area contributed by atoms with Crippen LogP contribution in [0.15, 0.2) is 48.5 Å². The lowest BCUT2D eigenvalue weighted by Gasteiger charge is -2.59. The maximum atomic E-state index is 11.3. The van der Waals surface area contributed by atoms with Gasteiger partial charge in [-0.25, -0.2) is 0 Å². The summed E-state index contributed by atoms with van der Waals surface area (Å²) in [5.74, 6) is 0.312. The molecule has 0 amide bonds. The molecule has 8 rings (SSSR count). The van der Waals surface area contributed by atoms with E-state index in [0.29, 0.717) is 58.5 Å².